The zero-order chi connectivity index (χ0) is 15.5. The quantitative estimate of drug-likeness (QED) is 0.768. The van der Waals surface area contributed by atoms with Gasteiger partial charge >= 0.3 is 5.97 Å². The predicted octanol–water partition coefficient (Wildman–Crippen LogP) is 3.69. The number of nitrogens with one attached hydrogen (secondary N) is 1. The van der Waals surface area contributed by atoms with Crippen LogP contribution in [0.5, 0.6) is 5.75 Å². The molecule has 0 aliphatic carbocycles. The number of para-hydroxylation sites is 3. The number of benzene rings is 2. The third-order valence-corrected chi connectivity index (χ3v) is 3.32. The predicted molar refractivity (Wildman–Crippen MR) is 85.0 cm³/mol. The third-order valence-electron chi connectivity index (χ3n) is 3.32. The van der Waals surface area contributed by atoms with Gasteiger partial charge in [0.2, 0.25) is 0 Å². The molecule has 110 valence electrons. The minimum atomic E-state index is -0.985. The Hall–Kier alpha value is -3.08. The van der Waals surface area contributed by atoms with Crippen molar-refractivity contribution in [1.82, 2.24) is 4.98 Å². The van der Waals surface area contributed by atoms with E-state index >= 15 is 0 Å². The molecule has 0 aliphatic heterocycles. The molecule has 0 unspecified atom stereocenters. The summed E-state index contributed by atoms with van der Waals surface area (Å²) in [4.78, 5) is 15.9. The summed E-state index contributed by atoms with van der Waals surface area (Å²) in [7, 11) is 1.58. The van der Waals surface area contributed by atoms with Crippen LogP contribution in [0.15, 0.2) is 54.6 Å². The summed E-state index contributed by atoms with van der Waals surface area (Å²) >= 11 is 0. The number of ether oxygens (including phenoxy) is 1. The van der Waals surface area contributed by atoms with Crippen LogP contribution in [0.2, 0.25) is 0 Å². The van der Waals surface area contributed by atoms with E-state index in [0.29, 0.717) is 22.5 Å². The van der Waals surface area contributed by atoms with Crippen LogP contribution in [-0.2, 0) is 0 Å². The van der Waals surface area contributed by atoms with E-state index in [0.717, 1.165) is 5.69 Å². The van der Waals surface area contributed by atoms with Gasteiger partial charge in [0.25, 0.3) is 0 Å². The van der Waals surface area contributed by atoms with E-state index in [-0.39, 0.29) is 5.56 Å². The van der Waals surface area contributed by atoms with E-state index in [9.17, 15) is 9.90 Å². The lowest BCUT2D eigenvalue weighted by Crippen LogP contribution is -2.02. The topological polar surface area (TPSA) is 71.5 Å². The molecule has 3 aromatic rings. The second kappa shape index (κ2) is 5.73. The molecule has 2 aromatic carbocycles. The summed E-state index contributed by atoms with van der Waals surface area (Å²) in [5, 5.41) is 13.1. The zero-order valence-electron chi connectivity index (χ0n) is 11.9. The number of anilines is 2. The number of aromatic carboxylic acids is 1. The van der Waals surface area contributed by atoms with Crippen LogP contribution < -0.4 is 10.1 Å². The van der Waals surface area contributed by atoms with Gasteiger partial charge in [0.05, 0.1) is 23.9 Å². The molecule has 2 N–H and O–H groups in total. The Kier molecular flexibility index (Phi) is 3.62. The van der Waals surface area contributed by atoms with Gasteiger partial charge < -0.3 is 15.2 Å². The Labute approximate surface area is 127 Å². The van der Waals surface area contributed by atoms with E-state index in [1.165, 1.54) is 6.07 Å². The maximum atomic E-state index is 11.5. The molecular weight excluding hydrogens is 280 g/mol. The number of rotatable bonds is 4. The van der Waals surface area contributed by atoms with Crippen molar-refractivity contribution in [2.75, 3.05) is 12.4 Å². The van der Waals surface area contributed by atoms with Crippen LogP contribution in [-0.4, -0.2) is 23.2 Å². The van der Waals surface area contributed by atoms with Crippen molar-refractivity contribution in [3.8, 4) is 5.75 Å². The van der Waals surface area contributed by atoms with Gasteiger partial charge in [0, 0.05) is 5.39 Å². The molecule has 3 rings (SSSR count). The Bertz CT molecular complexity index is 846. The molecule has 0 saturated heterocycles. The molecule has 0 bridgehead atoms. The molecule has 0 saturated carbocycles. The SMILES string of the molecule is COc1ccccc1Nc1cc(C(=O)O)c2ccccc2n1. The third kappa shape index (κ3) is 2.56. The number of hydrogen-bond acceptors (Lipinski definition) is 4. The Morgan fingerprint density at radius 2 is 1.86 bits per heavy atom. The molecule has 0 aliphatic rings. The van der Waals surface area contributed by atoms with Crippen molar-refractivity contribution in [2.45, 2.75) is 0 Å². The van der Waals surface area contributed by atoms with Gasteiger partial charge in [-0.15, -0.1) is 0 Å². The molecule has 22 heavy (non-hydrogen) atoms. The van der Waals surface area contributed by atoms with Gasteiger partial charge in [0.1, 0.15) is 11.6 Å². The number of carboxylic acids is 1. The van der Waals surface area contributed by atoms with Crippen molar-refractivity contribution < 1.29 is 14.6 Å². The van der Waals surface area contributed by atoms with Crippen LogP contribution in [0, 0.1) is 0 Å². The highest BCUT2D eigenvalue weighted by molar-refractivity contribution is 6.03. The second-order valence-corrected chi connectivity index (χ2v) is 4.70. The lowest BCUT2D eigenvalue weighted by Gasteiger charge is -2.12. The van der Waals surface area contributed by atoms with Crippen LogP contribution in [0.3, 0.4) is 0 Å². The lowest BCUT2D eigenvalue weighted by molar-refractivity contribution is 0.0699. The minimum Gasteiger partial charge on any atom is -0.495 e. The highest BCUT2D eigenvalue weighted by atomic mass is 16.5. The molecule has 0 spiro atoms. The van der Waals surface area contributed by atoms with Crippen molar-refractivity contribution in [1.29, 1.82) is 0 Å². The number of carboxylic acid groups (broad SMARTS) is 1. The fraction of sp³-hybridized carbons (Fsp3) is 0.0588. The summed E-state index contributed by atoms with van der Waals surface area (Å²) in [6.07, 6.45) is 0. The first-order valence-electron chi connectivity index (χ1n) is 6.72. The average Bonchev–Trinajstić information content (AvgIpc) is 2.54. The highest BCUT2D eigenvalue weighted by Crippen LogP contribution is 2.28. The summed E-state index contributed by atoms with van der Waals surface area (Å²) in [6, 6.07) is 16.1. The van der Waals surface area contributed by atoms with Crippen LogP contribution in [0.1, 0.15) is 10.4 Å². The maximum Gasteiger partial charge on any atom is 0.336 e. The molecule has 0 radical (unpaired) electrons. The molecule has 0 atom stereocenters. The maximum absolute atomic E-state index is 11.5. The largest absolute Gasteiger partial charge is 0.495 e. The molecule has 1 heterocycles. The zero-order valence-corrected chi connectivity index (χ0v) is 11.9. The Morgan fingerprint density at radius 3 is 2.64 bits per heavy atom. The Balaban J connectivity index is 2.10. The standard InChI is InChI=1S/C17H14N2O3/c1-22-15-9-5-4-8-14(15)19-16-10-12(17(20)21)11-6-2-3-7-13(11)18-16/h2-10H,1H3,(H,18,19)(H,20,21). The average molecular weight is 294 g/mol. The number of carbonyl (C=O) groups is 1. The molecule has 1 aromatic heterocycles. The smallest absolute Gasteiger partial charge is 0.336 e. The summed E-state index contributed by atoms with van der Waals surface area (Å²) in [5.41, 5.74) is 1.56. The molecule has 0 amide bonds. The van der Waals surface area contributed by atoms with Crippen molar-refractivity contribution in [3.05, 3.63) is 60.2 Å². The Morgan fingerprint density at radius 1 is 1.14 bits per heavy atom. The molecule has 0 fully saturated rings. The summed E-state index contributed by atoms with van der Waals surface area (Å²) in [6.45, 7) is 0. The first kappa shape index (κ1) is 13.9. The minimum absolute atomic E-state index is 0.211. The number of nitrogens with zero attached hydrogens (tertiary/aromatic N) is 1. The number of hydrogen-bond donors (Lipinski definition) is 2. The lowest BCUT2D eigenvalue weighted by atomic mass is 10.1. The highest BCUT2D eigenvalue weighted by Gasteiger charge is 2.12. The second-order valence-electron chi connectivity index (χ2n) is 4.70. The van der Waals surface area contributed by atoms with E-state index in [1.807, 2.05) is 30.3 Å². The van der Waals surface area contributed by atoms with Gasteiger partial charge in [0.15, 0.2) is 0 Å². The summed E-state index contributed by atoms with van der Waals surface area (Å²) in [5.74, 6) is 0.136. The number of aromatic nitrogens is 1. The van der Waals surface area contributed by atoms with Crippen LogP contribution >= 0.6 is 0 Å². The summed E-state index contributed by atoms with van der Waals surface area (Å²) < 4.78 is 5.28. The first-order valence-corrected chi connectivity index (χ1v) is 6.72. The van der Waals surface area contributed by atoms with Crippen LogP contribution in [0.4, 0.5) is 11.5 Å². The van der Waals surface area contributed by atoms with Gasteiger partial charge in [-0.25, -0.2) is 9.78 Å². The molecule has 5 nitrogen and oxygen atoms in total. The molecular formula is C17H14N2O3. The fourth-order valence-electron chi connectivity index (χ4n) is 2.30. The fourth-order valence-corrected chi connectivity index (χ4v) is 2.30. The van der Waals surface area contributed by atoms with E-state index in [1.54, 1.807) is 25.3 Å². The molecule has 5 heteroatoms. The van der Waals surface area contributed by atoms with Crippen molar-refractivity contribution in [3.63, 3.8) is 0 Å². The monoisotopic (exact) mass is 294 g/mol. The van der Waals surface area contributed by atoms with Crippen molar-refractivity contribution >= 4 is 28.4 Å². The number of methoxy groups -OCH3 is 1. The normalized spacial score (nSPS) is 10.4. The number of pyridine rings is 1. The number of fused-ring (bicyclic) bond motifs is 1. The van der Waals surface area contributed by atoms with Gasteiger partial charge in [-0.05, 0) is 24.3 Å². The van der Waals surface area contributed by atoms with Gasteiger partial charge in [-0.2, -0.15) is 0 Å². The van der Waals surface area contributed by atoms with Gasteiger partial charge in [-0.1, -0.05) is 30.3 Å². The van der Waals surface area contributed by atoms with Crippen LogP contribution in [0.25, 0.3) is 10.9 Å². The van der Waals surface area contributed by atoms with E-state index in [2.05, 4.69) is 10.3 Å². The van der Waals surface area contributed by atoms with Gasteiger partial charge in [-0.3, -0.25) is 0 Å². The van der Waals surface area contributed by atoms with E-state index < -0.39 is 5.97 Å². The van der Waals surface area contributed by atoms with Crippen molar-refractivity contribution in [2.24, 2.45) is 0 Å². The van der Waals surface area contributed by atoms with E-state index in [4.69, 9.17) is 4.74 Å². The first-order chi connectivity index (χ1) is 10.7.